The SMILES string of the molecule is CCOC=C(C(=O)OC)C(=O)C(F)(F)F. The van der Waals surface area contributed by atoms with E-state index in [9.17, 15) is 22.8 Å². The molecule has 0 amide bonds. The smallest absolute Gasteiger partial charge is 0.455 e. The Labute approximate surface area is 83.7 Å². The number of esters is 1. The Morgan fingerprint density at radius 1 is 1.33 bits per heavy atom. The van der Waals surface area contributed by atoms with Gasteiger partial charge in [-0.1, -0.05) is 0 Å². The molecule has 0 N–H and O–H groups in total. The Morgan fingerprint density at radius 2 is 1.87 bits per heavy atom. The minimum absolute atomic E-state index is 0.0334. The fourth-order valence-corrected chi connectivity index (χ4v) is 0.624. The van der Waals surface area contributed by atoms with Crippen LogP contribution in [0, 0.1) is 0 Å². The quantitative estimate of drug-likeness (QED) is 0.238. The van der Waals surface area contributed by atoms with Gasteiger partial charge in [0.25, 0.3) is 5.78 Å². The van der Waals surface area contributed by atoms with Gasteiger partial charge >= 0.3 is 12.1 Å². The normalized spacial score (nSPS) is 12.2. The lowest BCUT2D eigenvalue weighted by Crippen LogP contribution is -2.29. The van der Waals surface area contributed by atoms with Crippen LogP contribution in [0.4, 0.5) is 13.2 Å². The molecule has 0 radical (unpaired) electrons. The van der Waals surface area contributed by atoms with Crippen LogP contribution in [0.1, 0.15) is 6.92 Å². The van der Waals surface area contributed by atoms with Crippen LogP contribution in [-0.2, 0) is 19.1 Å². The van der Waals surface area contributed by atoms with Crippen molar-refractivity contribution < 1.29 is 32.2 Å². The molecule has 0 aromatic heterocycles. The first-order valence-electron chi connectivity index (χ1n) is 3.86. The molecule has 0 aliphatic rings. The summed E-state index contributed by atoms with van der Waals surface area (Å²) in [5.74, 6) is -3.67. The highest BCUT2D eigenvalue weighted by Crippen LogP contribution is 2.21. The zero-order chi connectivity index (χ0) is 12.1. The van der Waals surface area contributed by atoms with Crippen molar-refractivity contribution >= 4 is 11.8 Å². The molecule has 0 fully saturated rings. The molecular weight excluding hydrogens is 217 g/mol. The van der Waals surface area contributed by atoms with Gasteiger partial charge in [-0.25, -0.2) is 4.79 Å². The second-order valence-corrected chi connectivity index (χ2v) is 2.31. The van der Waals surface area contributed by atoms with Crippen LogP contribution in [0.3, 0.4) is 0 Å². The number of ether oxygens (including phenoxy) is 2. The van der Waals surface area contributed by atoms with E-state index in [0.717, 1.165) is 7.11 Å². The highest BCUT2D eigenvalue weighted by Gasteiger charge is 2.43. The first-order valence-corrected chi connectivity index (χ1v) is 3.86. The van der Waals surface area contributed by atoms with Crippen molar-refractivity contribution in [1.82, 2.24) is 0 Å². The molecule has 0 rings (SSSR count). The number of rotatable bonds is 4. The molecule has 0 spiro atoms. The van der Waals surface area contributed by atoms with Crippen molar-refractivity contribution in [3.63, 3.8) is 0 Å². The lowest BCUT2D eigenvalue weighted by molar-refractivity contribution is -0.168. The summed E-state index contributed by atoms with van der Waals surface area (Å²) in [5, 5.41) is 0. The third kappa shape index (κ3) is 4.01. The number of carbonyl (C=O) groups is 2. The maximum atomic E-state index is 12.0. The second-order valence-electron chi connectivity index (χ2n) is 2.31. The maximum absolute atomic E-state index is 12.0. The molecule has 4 nitrogen and oxygen atoms in total. The van der Waals surface area contributed by atoms with E-state index < -0.39 is 23.5 Å². The minimum atomic E-state index is -5.13. The van der Waals surface area contributed by atoms with Crippen LogP contribution in [0.15, 0.2) is 11.8 Å². The first-order chi connectivity index (χ1) is 6.84. The summed E-state index contributed by atoms with van der Waals surface area (Å²) in [6.45, 7) is 1.52. The Bertz CT molecular complexity index is 280. The van der Waals surface area contributed by atoms with E-state index in [1.807, 2.05) is 0 Å². The van der Waals surface area contributed by atoms with Gasteiger partial charge in [-0.2, -0.15) is 13.2 Å². The Balaban J connectivity index is 4.96. The minimum Gasteiger partial charge on any atom is -0.500 e. The van der Waals surface area contributed by atoms with Crippen LogP contribution in [0.5, 0.6) is 0 Å². The molecule has 0 heterocycles. The van der Waals surface area contributed by atoms with E-state index in [-0.39, 0.29) is 6.61 Å². The average molecular weight is 226 g/mol. The van der Waals surface area contributed by atoms with Gasteiger partial charge in [0.1, 0.15) is 11.8 Å². The lowest BCUT2D eigenvalue weighted by Gasteiger charge is -2.07. The highest BCUT2D eigenvalue weighted by molar-refractivity contribution is 6.19. The third-order valence-electron chi connectivity index (χ3n) is 1.28. The van der Waals surface area contributed by atoms with Crippen LogP contribution >= 0.6 is 0 Å². The maximum Gasteiger partial charge on any atom is 0.455 e. The number of carbonyl (C=O) groups excluding carboxylic acids is 2. The number of hydrogen-bond donors (Lipinski definition) is 0. The molecule has 0 aliphatic carbocycles. The van der Waals surface area contributed by atoms with Crippen LogP contribution < -0.4 is 0 Å². The van der Waals surface area contributed by atoms with Crippen molar-refractivity contribution in [2.45, 2.75) is 13.1 Å². The molecule has 0 atom stereocenters. The van der Waals surface area contributed by atoms with Gasteiger partial charge in [0, 0.05) is 0 Å². The molecule has 0 aromatic rings. The zero-order valence-corrected chi connectivity index (χ0v) is 8.05. The van der Waals surface area contributed by atoms with Crippen LogP contribution in [0.25, 0.3) is 0 Å². The average Bonchev–Trinajstić information content (AvgIpc) is 2.16. The molecule has 0 unspecified atom stereocenters. The largest absolute Gasteiger partial charge is 0.500 e. The second kappa shape index (κ2) is 5.38. The van der Waals surface area contributed by atoms with E-state index in [1.165, 1.54) is 6.92 Å². The number of hydrogen-bond acceptors (Lipinski definition) is 4. The molecule has 0 aliphatic heterocycles. The number of alkyl halides is 3. The number of ketones is 1. The van der Waals surface area contributed by atoms with Crippen molar-refractivity contribution in [3.8, 4) is 0 Å². The van der Waals surface area contributed by atoms with Crippen molar-refractivity contribution in [2.75, 3.05) is 13.7 Å². The Hall–Kier alpha value is -1.53. The molecule has 86 valence electrons. The van der Waals surface area contributed by atoms with Crippen LogP contribution in [0.2, 0.25) is 0 Å². The van der Waals surface area contributed by atoms with E-state index in [2.05, 4.69) is 9.47 Å². The summed E-state index contributed by atoms with van der Waals surface area (Å²) in [4.78, 5) is 21.5. The fraction of sp³-hybridized carbons (Fsp3) is 0.500. The summed E-state index contributed by atoms with van der Waals surface area (Å²) < 4.78 is 44.4. The molecule has 0 aromatic carbocycles. The Kier molecular flexibility index (Phi) is 4.83. The predicted octanol–water partition coefficient (Wildman–Crippen LogP) is 1.21. The molecular formula is C8H9F3O4. The fourth-order valence-electron chi connectivity index (χ4n) is 0.624. The Morgan fingerprint density at radius 3 is 2.20 bits per heavy atom. The van der Waals surface area contributed by atoms with E-state index in [0.29, 0.717) is 6.26 Å². The molecule has 7 heteroatoms. The summed E-state index contributed by atoms with van der Waals surface area (Å²) in [6.07, 6.45) is -4.68. The first kappa shape index (κ1) is 13.5. The standard InChI is InChI=1S/C8H9F3O4/c1-3-15-4-5(7(13)14-2)6(12)8(9,10)11/h4H,3H2,1-2H3. The summed E-state index contributed by atoms with van der Waals surface area (Å²) in [5.41, 5.74) is -1.17. The van der Waals surface area contributed by atoms with E-state index in [4.69, 9.17) is 0 Å². The molecule has 0 saturated carbocycles. The molecule has 15 heavy (non-hydrogen) atoms. The van der Waals surface area contributed by atoms with Crippen LogP contribution in [-0.4, -0.2) is 31.6 Å². The highest BCUT2D eigenvalue weighted by atomic mass is 19.4. The molecule has 0 saturated heterocycles. The topological polar surface area (TPSA) is 52.6 Å². The summed E-state index contributed by atoms with van der Waals surface area (Å²) in [6, 6.07) is 0. The summed E-state index contributed by atoms with van der Waals surface area (Å²) >= 11 is 0. The lowest BCUT2D eigenvalue weighted by atomic mass is 10.2. The third-order valence-corrected chi connectivity index (χ3v) is 1.28. The van der Waals surface area contributed by atoms with Gasteiger partial charge in [-0.3, -0.25) is 4.79 Å². The van der Waals surface area contributed by atoms with Crippen molar-refractivity contribution in [2.24, 2.45) is 0 Å². The van der Waals surface area contributed by atoms with Gasteiger partial charge in [0.2, 0.25) is 0 Å². The number of methoxy groups -OCH3 is 1. The van der Waals surface area contributed by atoms with Crippen molar-refractivity contribution in [1.29, 1.82) is 0 Å². The monoisotopic (exact) mass is 226 g/mol. The van der Waals surface area contributed by atoms with Gasteiger partial charge in [0.05, 0.1) is 13.7 Å². The van der Waals surface area contributed by atoms with E-state index in [1.54, 1.807) is 0 Å². The van der Waals surface area contributed by atoms with E-state index >= 15 is 0 Å². The van der Waals surface area contributed by atoms with Gasteiger partial charge < -0.3 is 9.47 Å². The van der Waals surface area contributed by atoms with Gasteiger partial charge in [-0.15, -0.1) is 0 Å². The zero-order valence-electron chi connectivity index (χ0n) is 8.05. The van der Waals surface area contributed by atoms with Crippen molar-refractivity contribution in [3.05, 3.63) is 11.8 Å². The molecule has 0 bridgehead atoms. The predicted molar refractivity (Wildman–Crippen MR) is 42.8 cm³/mol. The summed E-state index contributed by atoms with van der Waals surface area (Å²) in [7, 11) is 0.867. The number of halogens is 3. The van der Waals surface area contributed by atoms with Gasteiger partial charge in [-0.05, 0) is 6.92 Å². The van der Waals surface area contributed by atoms with Gasteiger partial charge in [0.15, 0.2) is 0 Å². The number of Topliss-reactive ketones (excluding diaryl/α,β-unsaturated/α-hetero) is 1.